The molecule has 0 radical (unpaired) electrons. The second kappa shape index (κ2) is 9.04. The Balaban J connectivity index is 1.91. The Morgan fingerprint density at radius 1 is 1.06 bits per heavy atom. The van der Waals surface area contributed by atoms with Crippen LogP contribution in [-0.4, -0.2) is 39.0 Å². The minimum absolute atomic E-state index is 0.271. The van der Waals surface area contributed by atoms with E-state index in [2.05, 4.69) is 28.3 Å². The zero-order chi connectivity index (χ0) is 22.7. The number of hydrogen-bond acceptors (Lipinski definition) is 6. The highest BCUT2D eigenvalue weighted by atomic mass is 32.2. The second-order valence-electron chi connectivity index (χ2n) is 7.69. The van der Waals surface area contributed by atoms with E-state index in [0.29, 0.717) is 6.61 Å². The lowest BCUT2D eigenvalue weighted by Gasteiger charge is -2.21. The summed E-state index contributed by atoms with van der Waals surface area (Å²) in [7, 11) is 1.65. The van der Waals surface area contributed by atoms with Crippen LogP contribution in [0.3, 0.4) is 0 Å². The first-order valence-corrected chi connectivity index (χ1v) is 11.2. The van der Waals surface area contributed by atoms with E-state index < -0.39 is 4.75 Å². The zero-order valence-electron chi connectivity index (χ0n) is 18.5. The van der Waals surface area contributed by atoms with Gasteiger partial charge in [-0.15, -0.1) is 0 Å². The molecular weight excluding hydrogens is 422 g/mol. The maximum atomic E-state index is 12.5. The largest absolute Gasteiger partial charge is 0.497 e. The van der Waals surface area contributed by atoms with Crippen LogP contribution in [0.25, 0.3) is 27.8 Å². The van der Waals surface area contributed by atoms with Gasteiger partial charge in [-0.1, -0.05) is 42.1 Å². The number of aromatic nitrogens is 3. The molecule has 2 heterocycles. The van der Waals surface area contributed by atoms with Gasteiger partial charge in [0.1, 0.15) is 27.5 Å². The fourth-order valence-corrected chi connectivity index (χ4v) is 4.50. The lowest BCUT2D eigenvalue weighted by molar-refractivity contribution is -0.145. The highest BCUT2D eigenvalue weighted by Gasteiger charge is 2.33. The summed E-state index contributed by atoms with van der Waals surface area (Å²) in [6.07, 6.45) is 3.61. The molecule has 0 amide bonds. The maximum Gasteiger partial charge on any atom is 0.322 e. The Labute approximate surface area is 191 Å². The van der Waals surface area contributed by atoms with Crippen LogP contribution in [-0.2, 0) is 9.53 Å². The minimum atomic E-state index is -0.798. The van der Waals surface area contributed by atoms with Crippen LogP contribution < -0.4 is 4.74 Å². The summed E-state index contributed by atoms with van der Waals surface area (Å²) in [5.74, 6) is 0.517. The molecular formula is C25H25N3O3S. The third-order valence-electron chi connectivity index (χ3n) is 5.10. The molecule has 0 N–H and O–H groups in total. The number of rotatable bonds is 7. The second-order valence-corrected chi connectivity index (χ2v) is 9.30. The molecule has 4 aromatic rings. The van der Waals surface area contributed by atoms with E-state index in [1.165, 1.54) is 11.8 Å². The number of esters is 1. The average molecular weight is 448 g/mol. The van der Waals surface area contributed by atoms with E-state index in [1.807, 2.05) is 67.8 Å². The Morgan fingerprint density at radius 2 is 1.78 bits per heavy atom. The zero-order valence-corrected chi connectivity index (χ0v) is 19.3. The number of carbonyl (C=O) groups is 1. The van der Waals surface area contributed by atoms with Gasteiger partial charge < -0.3 is 14.0 Å². The molecule has 0 fully saturated rings. The Hall–Kier alpha value is -3.32. The van der Waals surface area contributed by atoms with Crippen LogP contribution in [0.4, 0.5) is 0 Å². The number of ether oxygens (including phenoxy) is 2. The minimum Gasteiger partial charge on any atom is -0.497 e. The predicted molar refractivity (Wildman–Crippen MR) is 127 cm³/mol. The van der Waals surface area contributed by atoms with Crippen molar-refractivity contribution < 1.29 is 14.3 Å². The summed E-state index contributed by atoms with van der Waals surface area (Å²) in [5.41, 5.74) is 3.78. The van der Waals surface area contributed by atoms with Crippen molar-refractivity contribution in [2.75, 3.05) is 13.7 Å². The van der Waals surface area contributed by atoms with Crippen molar-refractivity contribution in [1.29, 1.82) is 0 Å². The number of nitrogens with zero attached hydrogens (tertiary/aromatic N) is 3. The average Bonchev–Trinajstić information content (AvgIpc) is 3.20. The molecule has 0 aliphatic carbocycles. The van der Waals surface area contributed by atoms with Gasteiger partial charge in [-0.3, -0.25) is 4.79 Å². The van der Waals surface area contributed by atoms with Gasteiger partial charge >= 0.3 is 5.97 Å². The standard InChI is InChI=1S/C25H25N3O3S/c1-5-31-24(29)25(2,3)32-23-21-20(17-9-7-6-8-10-17)15-28(22(21)26-16-27-23)18-11-13-19(30-4)14-12-18/h6-16H,5H2,1-4H3. The van der Waals surface area contributed by atoms with E-state index in [-0.39, 0.29) is 5.97 Å². The van der Waals surface area contributed by atoms with Crippen molar-refractivity contribution in [3.05, 3.63) is 67.1 Å². The number of benzene rings is 2. The van der Waals surface area contributed by atoms with Crippen LogP contribution in [0.1, 0.15) is 20.8 Å². The van der Waals surface area contributed by atoms with E-state index in [9.17, 15) is 4.79 Å². The van der Waals surface area contributed by atoms with Crippen molar-refractivity contribution in [3.8, 4) is 22.6 Å². The molecule has 0 atom stereocenters. The van der Waals surface area contributed by atoms with Gasteiger partial charge in [-0.05, 0) is 50.6 Å². The van der Waals surface area contributed by atoms with Crippen molar-refractivity contribution in [3.63, 3.8) is 0 Å². The van der Waals surface area contributed by atoms with Crippen LogP contribution in [0.2, 0.25) is 0 Å². The predicted octanol–water partition coefficient (Wildman–Crippen LogP) is 5.53. The van der Waals surface area contributed by atoms with Gasteiger partial charge in [0.25, 0.3) is 0 Å². The van der Waals surface area contributed by atoms with E-state index in [1.54, 1.807) is 13.4 Å². The van der Waals surface area contributed by atoms with E-state index in [0.717, 1.165) is 38.6 Å². The van der Waals surface area contributed by atoms with Crippen LogP contribution in [0, 0.1) is 0 Å². The Bertz CT molecular complexity index is 1230. The summed E-state index contributed by atoms with van der Waals surface area (Å²) < 4.78 is 11.8. The number of carbonyl (C=O) groups excluding carboxylic acids is 1. The first kappa shape index (κ1) is 21.9. The molecule has 0 spiro atoms. The first-order valence-electron chi connectivity index (χ1n) is 10.4. The lowest BCUT2D eigenvalue weighted by Crippen LogP contribution is -2.30. The molecule has 4 rings (SSSR count). The summed E-state index contributed by atoms with van der Waals surface area (Å²) in [5, 5.41) is 1.64. The molecule has 0 saturated heterocycles. The third-order valence-corrected chi connectivity index (χ3v) is 6.28. The van der Waals surface area contributed by atoms with Gasteiger partial charge in [0.05, 0.1) is 19.1 Å². The SMILES string of the molecule is CCOC(=O)C(C)(C)Sc1ncnc2c1c(-c1ccccc1)cn2-c1ccc(OC)cc1. The Kier molecular flexibility index (Phi) is 6.19. The van der Waals surface area contributed by atoms with Crippen molar-refractivity contribution in [2.45, 2.75) is 30.5 Å². The quantitative estimate of drug-likeness (QED) is 0.211. The summed E-state index contributed by atoms with van der Waals surface area (Å²) in [4.78, 5) is 21.7. The molecule has 0 aliphatic rings. The van der Waals surface area contributed by atoms with Gasteiger partial charge in [0, 0.05) is 17.4 Å². The summed E-state index contributed by atoms with van der Waals surface area (Å²) >= 11 is 1.39. The smallest absolute Gasteiger partial charge is 0.322 e. The molecule has 7 heteroatoms. The topological polar surface area (TPSA) is 66.2 Å². The van der Waals surface area contributed by atoms with Crippen LogP contribution in [0.5, 0.6) is 5.75 Å². The molecule has 0 unspecified atom stereocenters. The molecule has 32 heavy (non-hydrogen) atoms. The van der Waals surface area contributed by atoms with Gasteiger partial charge in [-0.2, -0.15) is 0 Å². The molecule has 6 nitrogen and oxygen atoms in total. The number of methoxy groups -OCH3 is 1. The van der Waals surface area contributed by atoms with E-state index in [4.69, 9.17) is 9.47 Å². The van der Waals surface area contributed by atoms with Crippen LogP contribution >= 0.6 is 11.8 Å². The maximum absolute atomic E-state index is 12.5. The number of thioether (sulfide) groups is 1. The van der Waals surface area contributed by atoms with Gasteiger partial charge in [0.15, 0.2) is 0 Å². The molecule has 2 aromatic carbocycles. The summed E-state index contributed by atoms with van der Waals surface area (Å²) in [6, 6.07) is 17.9. The van der Waals surface area contributed by atoms with Crippen molar-refractivity contribution >= 4 is 28.8 Å². The van der Waals surface area contributed by atoms with Gasteiger partial charge in [0.2, 0.25) is 0 Å². The molecule has 2 aromatic heterocycles. The van der Waals surface area contributed by atoms with Crippen LogP contribution in [0.15, 0.2) is 72.1 Å². The fourth-order valence-electron chi connectivity index (χ4n) is 3.48. The Morgan fingerprint density at radius 3 is 2.44 bits per heavy atom. The number of hydrogen-bond donors (Lipinski definition) is 0. The van der Waals surface area contributed by atoms with E-state index >= 15 is 0 Å². The lowest BCUT2D eigenvalue weighted by atomic mass is 10.1. The monoisotopic (exact) mass is 447 g/mol. The summed E-state index contributed by atoms with van der Waals surface area (Å²) in [6.45, 7) is 5.85. The molecule has 0 saturated carbocycles. The van der Waals surface area contributed by atoms with Crippen molar-refractivity contribution in [1.82, 2.24) is 14.5 Å². The molecule has 0 aliphatic heterocycles. The normalized spacial score (nSPS) is 11.5. The highest BCUT2D eigenvalue weighted by molar-refractivity contribution is 8.01. The highest BCUT2D eigenvalue weighted by Crippen LogP contribution is 2.41. The molecule has 164 valence electrons. The number of fused-ring (bicyclic) bond motifs is 1. The first-order chi connectivity index (χ1) is 15.4. The van der Waals surface area contributed by atoms with Crippen molar-refractivity contribution in [2.24, 2.45) is 0 Å². The molecule has 0 bridgehead atoms. The van der Waals surface area contributed by atoms with Gasteiger partial charge in [-0.25, -0.2) is 9.97 Å². The third kappa shape index (κ3) is 4.21. The fraction of sp³-hybridized carbons (Fsp3) is 0.240.